The minimum atomic E-state index is -0.530. The van der Waals surface area contributed by atoms with E-state index >= 15 is 0 Å². The Morgan fingerprint density at radius 3 is 2.88 bits per heavy atom. The second-order valence-electron chi connectivity index (χ2n) is 3.87. The Bertz CT molecular complexity index is 399. The summed E-state index contributed by atoms with van der Waals surface area (Å²) in [5.41, 5.74) is 8.72. The van der Waals surface area contributed by atoms with E-state index in [2.05, 4.69) is 11.9 Å². The summed E-state index contributed by atoms with van der Waals surface area (Å²) in [7, 11) is 0. The molecule has 0 saturated heterocycles. The highest BCUT2D eigenvalue weighted by Gasteiger charge is 2.12. The van der Waals surface area contributed by atoms with Crippen molar-refractivity contribution < 1.29 is 4.79 Å². The summed E-state index contributed by atoms with van der Waals surface area (Å²) in [6, 6.07) is 5.27. The monoisotopic (exact) mass is 218 g/mol. The number of anilines is 1. The van der Waals surface area contributed by atoms with Gasteiger partial charge in [0.2, 0.25) is 5.91 Å². The van der Waals surface area contributed by atoms with Gasteiger partial charge >= 0.3 is 0 Å². The molecule has 0 aliphatic rings. The second kappa shape index (κ2) is 5.47. The summed E-state index contributed by atoms with van der Waals surface area (Å²) in [6.45, 7) is 7.55. The number of hydrogen-bond donors (Lipinski definition) is 2. The Balaban J connectivity index is 2.77. The molecular weight excluding hydrogens is 200 g/mol. The molecule has 0 saturated carbocycles. The van der Waals surface area contributed by atoms with Crippen LogP contribution in [0.5, 0.6) is 0 Å². The lowest BCUT2D eigenvalue weighted by atomic mass is 10.1. The first kappa shape index (κ1) is 12.5. The highest BCUT2D eigenvalue weighted by molar-refractivity contribution is 5.95. The van der Waals surface area contributed by atoms with Gasteiger partial charge in [0.1, 0.15) is 0 Å². The van der Waals surface area contributed by atoms with Crippen molar-refractivity contribution in [1.29, 1.82) is 0 Å². The molecule has 0 bridgehead atoms. The molecule has 0 aliphatic carbocycles. The minimum absolute atomic E-state index is 0.173. The quantitative estimate of drug-likeness (QED) is 0.761. The van der Waals surface area contributed by atoms with Gasteiger partial charge in [-0.3, -0.25) is 4.79 Å². The first-order valence-corrected chi connectivity index (χ1v) is 5.29. The van der Waals surface area contributed by atoms with Gasteiger partial charge in [0.15, 0.2) is 0 Å². The average molecular weight is 218 g/mol. The van der Waals surface area contributed by atoms with E-state index in [1.807, 2.05) is 32.0 Å². The smallest absolute Gasteiger partial charge is 0.241 e. The van der Waals surface area contributed by atoms with Crippen LogP contribution in [0.25, 0.3) is 0 Å². The molecule has 1 aromatic carbocycles. The van der Waals surface area contributed by atoms with E-state index in [0.29, 0.717) is 6.42 Å². The molecule has 1 amide bonds. The van der Waals surface area contributed by atoms with Crippen LogP contribution in [0.3, 0.4) is 0 Å². The highest BCUT2D eigenvalue weighted by Crippen LogP contribution is 2.18. The average Bonchev–Trinajstić information content (AvgIpc) is 2.25. The van der Waals surface area contributed by atoms with Crippen LogP contribution in [-0.4, -0.2) is 11.9 Å². The number of amides is 1. The topological polar surface area (TPSA) is 55.1 Å². The molecule has 0 radical (unpaired) electrons. The molecule has 3 nitrogen and oxygen atoms in total. The third-order valence-electron chi connectivity index (χ3n) is 2.62. The van der Waals surface area contributed by atoms with Crippen LogP contribution in [0, 0.1) is 13.8 Å². The largest absolute Gasteiger partial charge is 0.324 e. The molecule has 0 fully saturated rings. The van der Waals surface area contributed by atoms with Gasteiger partial charge < -0.3 is 11.1 Å². The Hall–Kier alpha value is -1.61. The summed E-state index contributed by atoms with van der Waals surface area (Å²) >= 11 is 0. The first-order chi connectivity index (χ1) is 7.56. The summed E-state index contributed by atoms with van der Waals surface area (Å²) in [4.78, 5) is 11.7. The summed E-state index contributed by atoms with van der Waals surface area (Å²) < 4.78 is 0. The van der Waals surface area contributed by atoms with Gasteiger partial charge in [-0.2, -0.15) is 0 Å². The molecule has 1 unspecified atom stereocenters. The maximum atomic E-state index is 11.7. The van der Waals surface area contributed by atoms with Crippen molar-refractivity contribution in [1.82, 2.24) is 0 Å². The van der Waals surface area contributed by atoms with E-state index in [4.69, 9.17) is 5.73 Å². The van der Waals surface area contributed by atoms with Crippen LogP contribution in [0.2, 0.25) is 0 Å². The Labute approximate surface area is 96.3 Å². The molecule has 1 atom stereocenters. The molecular formula is C13H18N2O. The van der Waals surface area contributed by atoms with E-state index in [-0.39, 0.29) is 5.91 Å². The first-order valence-electron chi connectivity index (χ1n) is 5.29. The van der Waals surface area contributed by atoms with Crippen LogP contribution in [0.1, 0.15) is 17.5 Å². The predicted octanol–water partition coefficient (Wildman–Crippen LogP) is 2.15. The zero-order valence-corrected chi connectivity index (χ0v) is 9.79. The number of nitrogens with two attached hydrogens (primary N) is 1. The maximum absolute atomic E-state index is 11.7. The third kappa shape index (κ3) is 2.94. The van der Waals surface area contributed by atoms with Gasteiger partial charge in [0.25, 0.3) is 0 Å². The SMILES string of the molecule is C=CCC(N)C(=O)Nc1cccc(C)c1C. The van der Waals surface area contributed by atoms with Crippen molar-refractivity contribution in [2.24, 2.45) is 5.73 Å². The second-order valence-corrected chi connectivity index (χ2v) is 3.87. The Morgan fingerprint density at radius 1 is 1.56 bits per heavy atom. The molecule has 0 aromatic heterocycles. The fraction of sp³-hybridized carbons (Fsp3) is 0.308. The van der Waals surface area contributed by atoms with E-state index in [1.165, 1.54) is 0 Å². The highest BCUT2D eigenvalue weighted by atomic mass is 16.2. The van der Waals surface area contributed by atoms with Crippen LogP contribution in [0.4, 0.5) is 5.69 Å². The van der Waals surface area contributed by atoms with Gasteiger partial charge in [-0.25, -0.2) is 0 Å². The molecule has 1 rings (SSSR count). The lowest BCUT2D eigenvalue weighted by Crippen LogP contribution is -2.35. The van der Waals surface area contributed by atoms with Gasteiger partial charge in [0.05, 0.1) is 6.04 Å². The van der Waals surface area contributed by atoms with E-state index in [1.54, 1.807) is 6.08 Å². The fourth-order valence-corrected chi connectivity index (χ4v) is 1.40. The van der Waals surface area contributed by atoms with E-state index in [9.17, 15) is 4.79 Å². The van der Waals surface area contributed by atoms with Crippen molar-refractivity contribution in [2.45, 2.75) is 26.3 Å². The molecule has 3 N–H and O–H groups in total. The van der Waals surface area contributed by atoms with E-state index in [0.717, 1.165) is 16.8 Å². The van der Waals surface area contributed by atoms with Crippen molar-refractivity contribution in [2.75, 3.05) is 5.32 Å². The van der Waals surface area contributed by atoms with Gasteiger partial charge in [-0.1, -0.05) is 18.2 Å². The Morgan fingerprint density at radius 2 is 2.25 bits per heavy atom. The van der Waals surface area contributed by atoms with Crippen molar-refractivity contribution in [3.05, 3.63) is 42.0 Å². The molecule has 1 aromatic rings. The molecule has 0 aliphatic heterocycles. The summed E-state index contributed by atoms with van der Waals surface area (Å²) in [6.07, 6.45) is 2.13. The summed E-state index contributed by atoms with van der Waals surface area (Å²) in [5.74, 6) is -0.173. The number of nitrogens with one attached hydrogen (secondary N) is 1. The molecule has 0 spiro atoms. The lowest BCUT2D eigenvalue weighted by Gasteiger charge is -2.13. The minimum Gasteiger partial charge on any atom is -0.324 e. The molecule has 3 heteroatoms. The zero-order valence-electron chi connectivity index (χ0n) is 9.79. The number of benzene rings is 1. The predicted molar refractivity (Wildman–Crippen MR) is 67.3 cm³/mol. The Kier molecular flexibility index (Phi) is 4.26. The number of carbonyl (C=O) groups is 1. The molecule has 16 heavy (non-hydrogen) atoms. The number of carbonyl (C=O) groups excluding carboxylic acids is 1. The third-order valence-corrected chi connectivity index (χ3v) is 2.62. The van der Waals surface area contributed by atoms with Crippen molar-refractivity contribution >= 4 is 11.6 Å². The van der Waals surface area contributed by atoms with Crippen LogP contribution in [-0.2, 0) is 4.79 Å². The standard InChI is InChI=1S/C13H18N2O/c1-4-6-11(14)13(16)15-12-8-5-7-9(2)10(12)3/h4-5,7-8,11H,1,6,14H2,2-3H3,(H,15,16). The maximum Gasteiger partial charge on any atom is 0.241 e. The number of aryl methyl sites for hydroxylation is 1. The molecule has 0 heterocycles. The van der Waals surface area contributed by atoms with E-state index < -0.39 is 6.04 Å². The fourth-order valence-electron chi connectivity index (χ4n) is 1.40. The van der Waals surface area contributed by atoms with Crippen LogP contribution in [0.15, 0.2) is 30.9 Å². The van der Waals surface area contributed by atoms with Gasteiger partial charge in [0, 0.05) is 5.69 Å². The van der Waals surface area contributed by atoms with Crippen molar-refractivity contribution in [3.63, 3.8) is 0 Å². The van der Waals surface area contributed by atoms with Crippen molar-refractivity contribution in [3.8, 4) is 0 Å². The van der Waals surface area contributed by atoms with Gasteiger partial charge in [-0.05, 0) is 37.5 Å². The normalized spacial score (nSPS) is 11.9. The number of rotatable bonds is 4. The van der Waals surface area contributed by atoms with Crippen LogP contribution < -0.4 is 11.1 Å². The summed E-state index contributed by atoms with van der Waals surface area (Å²) in [5, 5.41) is 2.82. The zero-order chi connectivity index (χ0) is 12.1. The lowest BCUT2D eigenvalue weighted by molar-refractivity contribution is -0.117. The molecule has 86 valence electrons. The number of hydrogen-bond acceptors (Lipinski definition) is 2. The van der Waals surface area contributed by atoms with Crippen LogP contribution >= 0.6 is 0 Å². The van der Waals surface area contributed by atoms with Gasteiger partial charge in [-0.15, -0.1) is 6.58 Å².